The van der Waals surface area contributed by atoms with E-state index in [1.54, 1.807) is 13.8 Å². The first-order chi connectivity index (χ1) is 19.5. The Bertz CT molecular complexity index is 1530. The number of carboxylic acid groups (broad SMARTS) is 1. The zero-order valence-electron chi connectivity index (χ0n) is 21.9. The molecule has 216 valence electrons. The monoisotopic (exact) mass is 654 g/mol. The molecule has 5 rings (SSSR count). The molecular weight excluding hydrogens is 631 g/mol. The number of nitrogens with zero attached hydrogens (tertiary/aromatic N) is 3. The maximum absolute atomic E-state index is 13.3. The summed E-state index contributed by atoms with van der Waals surface area (Å²) in [6.07, 6.45) is 1.42. The molecule has 0 saturated carbocycles. The van der Waals surface area contributed by atoms with Crippen molar-refractivity contribution in [2.24, 2.45) is 5.92 Å². The van der Waals surface area contributed by atoms with E-state index in [-0.39, 0.29) is 34.2 Å². The topological polar surface area (TPSA) is 112 Å². The van der Waals surface area contributed by atoms with Gasteiger partial charge >= 0.3 is 12.1 Å². The van der Waals surface area contributed by atoms with Gasteiger partial charge in [-0.25, -0.2) is 14.6 Å². The second kappa shape index (κ2) is 12.2. The van der Waals surface area contributed by atoms with Gasteiger partial charge in [-0.2, -0.15) is 0 Å². The number of likely N-dealkylation sites (tertiary alicyclic amines) is 1. The molecule has 0 aliphatic carbocycles. The number of anilines is 2. The molecule has 2 fully saturated rings. The number of aromatic nitrogens is 1. The van der Waals surface area contributed by atoms with Crippen LogP contribution in [0.4, 0.5) is 14.9 Å². The van der Waals surface area contributed by atoms with Crippen molar-refractivity contribution in [3.8, 4) is 10.6 Å². The van der Waals surface area contributed by atoms with Gasteiger partial charge in [0.1, 0.15) is 10.7 Å². The summed E-state index contributed by atoms with van der Waals surface area (Å²) in [5.41, 5.74) is 1.62. The number of halogens is 3. The standard InChI is InChI=1S/C27H25Cl3N4O5S2/c1-3-39-25(36)13(2)6-17-18(29)7-15(8-19(17)30)23(35)32-26-31-22(21-9-16(28)12-40-21)24(41-26)33-10-14-4-5-34(27(37)38)20(14)11-33/h6-9,12,14,20H,3-5,10-11H2,1-2H3,(H,37,38)(H,31,32,35). The van der Waals surface area contributed by atoms with Gasteiger partial charge in [0, 0.05) is 47.6 Å². The lowest BCUT2D eigenvalue weighted by Gasteiger charge is -2.22. The third-order valence-electron chi connectivity index (χ3n) is 7.01. The summed E-state index contributed by atoms with van der Waals surface area (Å²) < 4.78 is 5.00. The molecule has 3 aromatic rings. The lowest BCUT2D eigenvalue weighted by Crippen LogP contribution is -2.38. The van der Waals surface area contributed by atoms with Crippen LogP contribution in [0.25, 0.3) is 16.6 Å². The van der Waals surface area contributed by atoms with Crippen molar-refractivity contribution >= 4 is 91.7 Å². The number of fused-ring (bicyclic) bond motifs is 1. The Hall–Kier alpha value is -2.83. The number of carbonyl (C=O) groups excluding carboxylic acids is 2. The van der Waals surface area contributed by atoms with Crippen molar-refractivity contribution in [2.75, 3.05) is 36.5 Å². The van der Waals surface area contributed by atoms with Gasteiger partial charge in [0.2, 0.25) is 0 Å². The van der Waals surface area contributed by atoms with Crippen LogP contribution < -0.4 is 10.2 Å². The highest BCUT2D eigenvalue weighted by Crippen LogP contribution is 2.45. The van der Waals surface area contributed by atoms with Crippen LogP contribution in [0.3, 0.4) is 0 Å². The van der Waals surface area contributed by atoms with Gasteiger partial charge in [0.25, 0.3) is 5.91 Å². The lowest BCUT2D eigenvalue weighted by atomic mass is 10.1. The number of rotatable bonds is 7. The molecule has 4 heterocycles. The van der Waals surface area contributed by atoms with Crippen LogP contribution in [-0.2, 0) is 9.53 Å². The molecule has 0 radical (unpaired) electrons. The SMILES string of the molecule is CCOC(=O)C(C)=Cc1c(Cl)cc(C(=O)Nc2nc(-c3cc(Cl)cs3)c(N3CC4CCN(C(=O)O)C4C3)s2)cc1Cl. The van der Waals surface area contributed by atoms with Crippen molar-refractivity contribution in [3.05, 3.63) is 55.3 Å². The summed E-state index contributed by atoms with van der Waals surface area (Å²) in [5.74, 6) is -0.714. The van der Waals surface area contributed by atoms with Crippen LogP contribution >= 0.6 is 57.5 Å². The molecule has 2 aliphatic rings. The van der Waals surface area contributed by atoms with Crippen molar-refractivity contribution < 1.29 is 24.2 Å². The van der Waals surface area contributed by atoms with Gasteiger partial charge in [-0.15, -0.1) is 11.3 Å². The molecule has 2 aromatic heterocycles. The summed E-state index contributed by atoms with van der Waals surface area (Å²) in [6, 6.07) is 4.69. The second-order valence-corrected chi connectivity index (χ2v) is 12.8. The second-order valence-electron chi connectivity index (χ2n) is 9.65. The summed E-state index contributed by atoms with van der Waals surface area (Å²) in [4.78, 5) is 46.2. The fourth-order valence-electron chi connectivity index (χ4n) is 5.09. The first kappa shape index (κ1) is 29.7. The van der Waals surface area contributed by atoms with E-state index >= 15 is 0 Å². The Kier molecular flexibility index (Phi) is 8.81. The van der Waals surface area contributed by atoms with Crippen LogP contribution in [0.1, 0.15) is 36.2 Å². The number of esters is 1. The van der Waals surface area contributed by atoms with Gasteiger partial charge in [-0.05, 0) is 44.5 Å². The highest BCUT2D eigenvalue weighted by Gasteiger charge is 2.44. The largest absolute Gasteiger partial charge is 0.465 e. The summed E-state index contributed by atoms with van der Waals surface area (Å²) in [6.45, 7) is 5.33. The number of thiophene rings is 1. The highest BCUT2D eigenvalue weighted by molar-refractivity contribution is 7.21. The van der Waals surface area contributed by atoms with Crippen molar-refractivity contribution in [2.45, 2.75) is 26.3 Å². The number of hydrogen-bond donors (Lipinski definition) is 2. The minimum Gasteiger partial charge on any atom is -0.465 e. The average Bonchev–Trinajstić information content (AvgIpc) is 3.69. The average molecular weight is 656 g/mol. The van der Waals surface area contributed by atoms with Crippen LogP contribution in [0.5, 0.6) is 0 Å². The molecule has 0 bridgehead atoms. The quantitative estimate of drug-likeness (QED) is 0.204. The Balaban J connectivity index is 1.40. The fourth-order valence-corrected chi connectivity index (χ4v) is 7.80. The minimum absolute atomic E-state index is 0.0864. The first-order valence-electron chi connectivity index (χ1n) is 12.7. The molecule has 2 atom stereocenters. The van der Waals surface area contributed by atoms with E-state index in [0.717, 1.165) is 16.3 Å². The van der Waals surface area contributed by atoms with Gasteiger partial charge in [0.15, 0.2) is 5.13 Å². The summed E-state index contributed by atoms with van der Waals surface area (Å²) in [7, 11) is 0. The normalized spacial score (nSPS) is 18.5. The predicted molar refractivity (Wildman–Crippen MR) is 164 cm³/mol. The van der Waals surface area contributed by atoms with Gasteiger partial charge in [0.05, 0.1) is 32.6 Å². The maximum atomic E-state index is 13.3. The van der Waals surface area contributed by atoms with E-state index in [9.17, 15) is 19.5 Å². The van der Waals surface area contributed by atoms with Crippen LogP contribution in [0.2, 0.25) is 15.1 Å². The third-order valence-corrected chi connectivity index (χ3v) is 9.95. The van der Waals surface area contributed by atoms with E-state index in [2.05, 4.69) is 10.2 Å². The molecule has 9 nitrogen and oxygen atoms in total. The number of amides is 2. The Morgan fingerprint density at radius 3 is 2.56 bits per heavy atom. The lowest BCUT2D eigenvalue weighted by molar-refractivity contribution is -0.138. The smallest absolute Gasteiger partial charge is 0.407 e. The molecule has 2 N–H and O–H groups in total. The molecule has 0 spiro atoms. The molecule has 41 heavy (non-hydrogen) atoms. The number of benzene rings is 1. The van der Waals surface area contributed by atoms with E-state index in [4.69, 9.17) is 44.5 Å². The van der Waals surface area contributed by atoms with Gasteiger partial charge in [-0.3, -0.25) is 10.1 Å². The van der Waals surface area contributed by atoms with Gasteiger partial charge in [-0.1, -0.05) is 46.1 Å². The maximum Gasteiger partial charge on any atom is 0.407 e. The van der Waals surface area contributed by atoms with E-state index in [1.807, 2.05) is 11.4 Å². The Morgan fingerprint density at radius 2 is 1.93 bits per heavy atom. The Morgan fingerprint density at radius 1 is 1.20 bits per heavy atom. The van der Waals surface area contributed by atoms with E-state index < -0.39 is 18.0 Å². The van der Waals surface area contributed by atoms with Crippen molar-refractivity contribution in [3.63, 3.8) is 0 Å². The molecule has 1 aromatic carbocycles. The zero-order valence-corrected chi connectivity index (χ0v) is 25.9. The number of nitrogens with one attached hydrogen (secondary N) is 1. The van der Waals surface area contributed by atoms with Crippen LogP contribution in [0, 0.1) is 5.92 Å². The number of hydrogen-bond acceptors (Lipinski definition) is 8. The Labute approximate surface area is 259 Å². The highest BCUT2D eigenvalue weighted by atomic mass is 35.5. The molecule has 14 heteroatoms. The fraction of sp³-hybridized carbons (Fsp3) is 0.333. The van der Waals surface area contributed by atoms with Crippen LogP contribution in [-0.4, -0.2) is 65.2 Å². The zero-order chi connectivity index (χ0) is 29.4. The molecule has 2 amide bonds. The predicted octanol–water partition coefficient (Wildman–Crippen LogP) is 7.24. The number of ether oxygens (including phenoxy) is 1. The van der Waals surface area contributed by atoms with Crippen molar-refractivity contribution in [1.29, 1.82) is 0 Å². The first-order valence-corrected chi connectivity index (χ1v) is 15.5. The minimum atomic E-state index is -0.906. The van der Waals surface area contributed by atoms with Crippen LogP contribution in [0.15, 0.2) is 29.2 Å². The molecule has 2 aliphatic heterocycles. The summed E-state index contributed by atoms with van der Waals surface area (Å²) >= 11 is 21.9. The number of carbonyl (C=O) groups is 3. The summed E-state index contributed by atoms with van der Waals surface area (Å²) in [5, 5.41) is 16.5. The number of thiazole rings is 1. The van der Waals surface area contributed by atoms with E-state index in [0.29, 0.717) is 46.6 Å². The molecular formula is C27H25Cl3N4O5S2. The van der Waals surface area contributed by atoms with E-state index in [1.165, 1.54) is 45.8 Å². The van der Waals surface area contributed by atoms with Crippen molar-refractivity contribution in [1.82, 2.24) is 9.88 Å². The van der Waals surface area contributed by atoms with Gasteiger partial charge < -0.3 is 19.6 Å². The third kappa shape index (κ3) is 6.19. The molecule has 2 saturated heterocycles. The molecule has 2 unspecified atom stereocenters.